The molecule has 0 saturated carbocycles. The minimum absolute atomic E-state index is 0.0462. The van der Waals surface area contributed by atoms with E-state index in [1.54, 1.807) is 60.7 Å². The third-order valence-electron chi connectivity index (χ3n) is 6.42. The van der Waals surface area contributed by atoms with Gasteiger partial charge in [0, 0.05) is 0 Å². The van der Waals surface area contributed by atoms with Crippen LogP contribution in [0, 0.1) is 0 Å². The standard InChI is InChI=1S/C32H21F6O2P/c33-31(34,35)29-17-9-7-15-27(29)22-19-23(28-16-8-10-18-30(28)32(36,37)38)21-24(20-22)40-41(39,25-11-3-1-4-12-25)26-13-5-2-6-14-26/h1-21H. The molecular formula is C32H21F6O2P. The maximum Gasteiger partial charge on any atom is 0.417 e. The number of rotatable bonds is 6. The molecule has 208 valence electrons. The van der Waals surface area contributed by atoms with Gasteiger partial charge in [0.2, 0.25) is 0 Å². The van der Waals surface area contributed by atoms with Crippen LogP contribution in [0.15, 0.2) is 127 Å². The summed E-state index contributed by atoms with van der Waals surface area (Å²) in [5, 5.41) is 0.620. The zero-order valence-corrected chi connectivity index (χ0v) is 22.1. The van der Waals surface area contributed by atoms with Gasteiger partial charge in [-0.05, 0) is 76.9 Å². The molecule has 0 fully saturated rings. The van der Waals surface area contributed by atoms with Crippen molar-refractivity contribution in [3.8, 4) is 28.0 Å². The van der Waals surface area contributed by atoms with Crippen molar-refractivity contribution in [2.75, 3.05) is 0 Å². The monoisotopic (exact) mass is 582 g/mol. The number of halogens is 6. The Balaban J connectivity index is 1.77. The van der Waals surface area contributed by atoms with Crippen molar-refractivity contribution in [2.24, 2.45) is 0 Å². The highest BCUT2D eigenvalue weighted by atomic mass is 31.2. The van der Waals surface area contributed by atoms with E-state index in [4.69, 9.17) is 4.52 Å². The van der Waals surface area contributed by atoms with Gasteiger partial charge in [-0.3, -0.25) is 4.57 Å². The quantitative estimate of drug-likeness (QED) is 0.147. The van der Waals surface area contributed by atoms with Crippen molar-refractivity contribution in [3.05, 3.63) is 139 Å². The van der Waals surface area contributed by atoms with Gasteiger partial charge in [0.1, 0.15) is 5.75 Å². The molecule has 0 N–H and O–H groups in total. The summed E-state index contributed by atoms with van der Waals surface area (Å²) < 4.78 is 105. The van der Waals surface area contributed by atoms with E-state index in [0.717, 1.165) is 12.1 Å². The molecule has 0 atom stereocenters. The van der Waals surface area contributed by atoms with Crippen LogP contribution in [0.3, 0.4) is 0 Å². The summed E-state index contributed by atoms with van der Waals surface area (Å²) in [5.74, 6) is -0.150. The molecule has 5 aromatic rings. The van der Waals surface area contributed by atoms with Crippen LogP contribution in [-0.2, 0) is 16.9 Å². The fourth-order valence-corrected chi connectivity index (χ4v) is 6.62. The molecule has 5 rings (SSSR count). The molecule has 0 aromatic heterocycles. The van der Waals surface area contributed by atoms with Crippen LogP contribution in [-0.4, -0.2) is 0 Å². The minimum Gasteiger partial charge on any atom is -0.437 e. The highest BCUT2D eigenvalue weighted by Gasteiger charge is 2.36. The average Bonchev–Trinajstić information content (AvgIpc) is 2.97. The molecule has 5 aromatic carbocycles. The second kappa shape index (κ2) is 10.9. The minimum atomic E-state index is -4.74. The molecule has 0 aliphatic rings. The summed E-state index contributed by atoms with van der Waals surface area (Å²) in [7, 11) is -3.90. The Morgan fingerprint density at radius 2 is 0.854 bits per heavy atom. The summed E-state index contributed by atoms with van der Waals surface area (Å²) >= 11 is 0. The predicted octanol–water partition coefficient (Wildman–Crippen LogP) is 9.37. The number of benzene rings is 5. The fraction of sp³-hybridized carbons (Fsp3) is 0.0625. The van der Waals surface area contributed by atoms with E-state index in [2.05, 4.69) is 0 Å². The Labute approximate surface area is 232 Å². The average molecular weight is 582 g/mol. The van der Waals surface area contributed by atoms with Crippen LogP contribution in [0.2, 0.25) is 0 Å². The molecule has 0 bridgehead atoms. The molecule has 0 saturated heterocycles. The second-order valence-corrected chi connectivity index (χ2v) is 11.5. The van der Waals surface area contributed by atoms with Gasteiger partial charge in [0.25, 0.3) is 0 Å². The van der Waals surface area contributed by atoms with Crippen molar-refractivity contribution in [1.82, 2.24) is 0 Å². The van der Waals surface area contributed by atoms with Crippen molar-refractivity contribution in [1.29, 1.82) is 0 Å². The van der Waals surface area contributed by atoms with E-state index in [9.17, 15) is 30.9 Å². The van der Waals surface area contributed by atoms with Gasteiger partial charge in [0.15, 0.2) is 0 Å². The highest BCUT2D eigenvalue weighted by molar-refractivity contribution is 7.74. The van der Waals surface area contributed by atoms with Crippen molar-refractivity contribution in [2.45, 2.75) is 12.4 Å². The molecule has 0 radical (unpaired) electrons. The Morgan fingerprint density at radius 3 is 1.24 bits per heavy atom. The molecule has 0 aliphatic heterocycles. The summed E-state index contributed by atoms with van der Waals surface area (Å²) in [6.45, 7) is 0. The van der Waals surface area contributed by atoms with Crippen molar-refractivity contribution in [3.63, 3.8) is 0 Å². The first-order valence-corrected chi connectivity index (χ1v) is 14.0. The Bertz CT molecular complexity index is 1600. The van der Waals surface area contributed by atoms with E-state index >= 15 is 0 Å². The smallest absolute Gasteiger partial charge is 0.417 e. The largest absolute Gasteiger partial charge is 0.437 e. The van der Waals surface area contributed by atoms with E-state index in [0.29, 0.717) is 10.6 Å². The second-order valence-electron chi connectivity index (χ2n) is 9.15. The Hall–Kier alpha value is -4.29. The van der Waals surface area contributed by atoms with Crippen LogP contribution in [0.4, 0.5) is 26.3 Å². The van der Waals surface area contributed by atoms with Gasteiger partial charge in [0.05, 0.1) is 21.7 Å². The highest BCUT2D eigenvalue weighted by Crippen LogP contribution is 2.48. The SMILES string of the molecule is O=P(Oc1cc(-c2ccccc2C(F)(F)F)cc(-c2ccccc2C(F)(F)F)c1)(c1ccccc1)c1ccccc1. The van der Waals surface area contributed by atoms with Crippen molar-refractivity contribution >= 4 is 18.0 Å². The maximum atomic E-state index is 14.6. The molecule has 0 amide bonds. The normalized spacial score (nSPS) is 12.2. The zero-order chi connectivity index (χ0) is 29.3. The molecule has 0 spiro atoms. The number of hydrogen-bond acceptors (Lipinski definition) is 2. The van der Waals surface area contributed by atoms with E-state index in [1.807, 2.05) is 0 Å². The third kappa shape index (κ3) is 5.93. The van der Waals surface area contributed by atoms with E-state index < -0.39 is 30.8 Å². The summed E-state index contributed by atoms with van der Waals surface area (Å²) in [6.07, 6.45) is -9.47. The van der Waals surface area contributed by atoms with Crippen LogP contribution >= 0.6 is 7.37 Å². The van der Waals surface area contributed by atoms with E-state index in [1.165, 1.54) is 54.6 Å². The number of alkyl halides is 6. The van der Waals surface area contributed by atoms with Gasteiger partial charge < -0.3 is 4.52 Å². The Kier molecular flexibility index (Phi) is 7.54. The predicted molar refractivity (Wildman–Crippen MR) is 148 cm³/mol. The van der Waals surface area contributed by atoms with Crippen LogP contribution < -0.4 is 15.1 Å². The maximum absolute atomic E-state index is 14.6. The topological polar surface area (TPSA) is 26.3 Å². The first kappa shape index (κ1) is 28.2. The first-order valence-electron chi connectivity index (χ1n) is 12.4. The third-order valence-corrected chi connectivity index (χ3v) is 8.84. The van der Waals surface area contributed by atoms with Crippen LogP contribution in [0.1, 0.15) is 11.1 Å². The number of hydrogen-bond donors (Lipinski definition) is 0. The van der Waals surface area contributed by atoms with Crippen molar-refractivity contribution < 1.29 is 35.4 Å². The van der Waals surface area contributed by atoms with Crippen LogP contribution in [0.5, 0.6) is 5.75 Å². The van der Waals surface area contributed by atoms with Gasteiger partial charge in [-0.25, -0.2) is 0 Å². The summed E-state index contributed by atoms with van der Waals surface area (Å²) in [5.41, 5.74) is -2.55. The summed E-state index contributed by atoms with van der Waals surface area (Å²) in [4.78, 5) is 0. The molecule has 0 heterocycles. The lowest BCUT2D eigenvalue weighted by molar-refractivity contribution is -0.137. The van der Waals surface area contributed by atoms with Gasteiger partial charge >= 0.3 is 19.7 Å². The molecule has 0 unspecified atom stereocenters. The first-order chi connectivity index (χ1) is 19.5. The zero-order valence-electron chi connectivity index (χ0n) is 21.2. The lowest BCUT2D eigenvalue weighted by atomic mass is 9.93. The molecule has 41 heavy (non-hydrogen) atoms. The van der Waals surface area contributed by atoms with Gasteiger partial charge in [-0.2, -0.15) is 26.3 Å². The molecular weight excluding hydrogens is 561 g/mol. The van der Waals surface area contributed by atoms with Crippen LogP contribution in [0.25, 0.3) is 22.3 Å². The van der Waals surface area contributed by atoms with E-state index in [-0.39, 0.29) is 28.0 Å². The van der Waals surface area contributed by atoms with Gasteiger partial charge in [-0.1, -0.05) is 72.8 Å². The lowest BCUT2D eigenvalue weighted by Crippen LogP contribution is -2.20. The molecule has 2 nitrogen and oxygen atoms in total. The lowest BCUT2D eigenvalue weighted by Gasteiger charge is -2.22. The van der Waals surface area contributed by atoms with Gasteiger partial charge in [-0.15, -0.1) is 0 Å². The fourth-order valence-electron chi connectivity index (χ4n) is 4.58. The Morgan fingerprint density at radius 1 is 0.488 bits per heavy atom. The molecule has 0 aliphatic carbocycles. The summed E-state index contributed by atoms with van der Waals surface area (Å²) in [6, 6.07) is 29.8. The molecule has 9 heteroatoms.